The summed E-state index contributed by atoms with van der Waals surface area (Å²) in [7, 11) is 0. The number of unbranched alkanes of at least 4 members (excludes halogenated alkanes) is 22. The van der Waals surface area contributed by atoms with Gasteiger partial charge in [0.2, 0.25) is 0 Å². The Kier molecular flexibility index (Phi) is 42.4. The molecule has 0 rings (SSSR count). The summed E-state index contributed by atoms with van der Waals surface area (Å²) >= 11 is 0. The van der Waals surface area contributed by atoms with E-state index in [0.717, 1.165) is 38.5 Å². The molecule has 0 aliphatic heterocycles. The molecule has 3 N–H and O–H groups in total. The van der Waals surface area contributed by atoms with Crippen LogP contribution in [-0.2, 0) is 14.4 Å². The summed E-state index contributed by atoms with van der Waals surface area (Å²) < 4.78 is 0. The predicted octanol–water partition coefficient (Wildman–Crippen LogP) is 11.2. The fourth-order valence-corrected chi connectivity index (χ4v) is 4.41. The second kappa shape index (κ2) is 39.6. The summed E-state index contributed by atoms with van der Waals surface area (Å²) in [6.07, 6.45) is 31.6. The minimum Gasteiger partial charge on any atom is -0.481 e. The summed E-state index contributed by atoms with van der Waals surface area (Å²) in [5.41, 5.74) is 0. The number of carboxylic acids is 3. The fraction of sp³-hybridized carbons (Fsp3) is 0.912. The number of rotatable bonds is 28. The van der Waals surface area contributed by atoms with Crippen molar-refractivity contribution in [2.24, 2.45) is 0 Å². The van der Waals surface area contributed by atoms with Gasteiger partial charge in [-0.3, -0.25) is 14.4 Å². The van der Waals surface area contributed by atoms with Gasteiger partial charge in [0.1, 0.15) is 0 Å². The molecule has 0 amide bonds. The van der Waals surface area contributed by atoms with Crippen LogP contribution in [0.15, 0.2) is 0 Å². The minimum absolute atomic E-state index is 0.341. The van der Waals surface area contributed by atoms with E-state index in [1.807, 2.05) is 0 Å². The lowest BCUT2D eigenvalue weighted by Crippen LogP contribution is -1.93. The standard InChI is InChI=1S/C14H28O2.2C10H20O2/c1-2-3-4-5-6-7-8-9-10-11-12-13-14(15)16;2*1-2-3-4-5-6-7-8-9-10(11)12/h2-13H2,1H3,(H,15,16);2*2-9H2,1H3,(H,11,12). The van der Waals surface area contributed by atoms with E-state index >= 15 is 0 Å². The van der Waals surface area contributed by atoms with E-state index in [2.05, 4.69) is 20.8 Å². The van der Waals surface area contributed by atoms with Gasteiger partial charge in [-0.2, -0.15) is 0 Å². The van der Waals surface area contributed by atoms with Crippen molar-refractivity contribution in [3.8, 4) is 0 Å². The van der Waals surface area contributed by atoms with Gasteiger partial charge in [-0.1, -0.05) is 162 Å². The first-order valence-electron chi connectivity index (χ1n) is 17.0. The summed E-state index contributed by atoms with van der Waals surface area (Å²) in [5.74, 6) is -1.98. The Morgan fingerprint density at radius 3 is 0.600 bits per heavy atom. The monoisotopic (exact) mass is 573 g/mol. The second-order valence-electron chi connectivity index (χ2n) is 11.2. The Balaban J connectivity index is -0.000000522. The summed E-state index contributed by atoms with van der Waals surface area (Å²) in [6.45, 7) is 6.64. The smallest absolute Gasteiger partial charge is 0.303 e. The highest BCUT2D eigenvalue weighted by atomic mass is 16.4. The molecule has 0 fully saturated rings. The van der Waals surface area contributed by atoms with Crippen LogP contribution in [0.2, 0.25) is 0 Å². The molecule has 0 heterocycles. The van der Waals surface area contributed by atoms with Gasteiger partial charge < -0.3 is 15.3 Å². The number of hydrogen-bond donors (Lipinski definition) is 3. The number of carboxylic acid groups (broad SMARTS) is 3. The molecule has 0 bridgehead atoms. The van der Waals surface area contributed by atoms with Crippen molar-refractivity contribution in [1.29, 1.82) is 0 Å². The van der Waals surface area contributed by atoms with Crippen LogP contribution in [0.4, 0.5) is 0 Å². The normalized spacial score (nSPS) is 10.3. The highest BCUT2D eigenvalue weighted by molar-refractivity contribution is 5.67. The van der Waals surface area contributed by atoms with Crippen LogP contribution in [0.25, 0.3) is 0 Å². The molecular weight excluding hydrogens is 504 g/mol. The summed E-state index contributed by atoms with van der Waals surface area (Å²) in [4.78, 5) is 30.5. The van der Waals surface area contributed by atoms with Crippen LogP contribution in [0.1, 0.15) is 201 Å². The maximum absolute atomic E-state index is 10.3. The van der Waals surface area contributed by atoms with Gasteiger partial charge in [-0.25, -0.2) is 0 Å². The molecule has 0 aromatic heterocycles. The first kappa shape index (κ1) is 42.9. The Labute approximate surface area is 248 Å². The van der Waals surface area contributed by atoms with E-state index in [-0.39, 0.29) is 0 Å². The van der Waals surface area contributed by atoms with Crippen molar-refractivity contribution in [3.63, 3.8) is 0 Å². The van der Waals surface area contributed by atoms with Gasteiger partial charge >= 0.3 is 17.9 Å². The molecule has 0 saturated carbocycles. The molecule has 6 heteroatoms. The number of carbonyl (C=O) groups is 3. The maximum Gasteiger partial charge on any atom is 0.303 e. The Morgan fingerprint density at radius 1 is 0.300 bits per heavy atom. The van der Waals surface area contributed by atoms with Gasteiger partial charge in [-0.15, -0.1) is 0 Å². The molecule has 0 aliphatic carbocycles. The molecule has 6 nitrogen and oxygen atoms in total. The Bertz CT molecular complexity index is 493. The SMILES string of the molecule is CCCCCCCCCC(=O)O.CCCCCCCCCC(=O)O.CCCCCCCCCCCCCC(=O)O. The lowest BCUT2D eigenvalue weighted by Gasteiger charge is -2.01. The molecule has 0 aromatic carbocycles. The van der Waals surface area contributed by atoms with Crippen molar-refractivity contribution >= 4 is 17.9 Å². The van der Waals surface area contributed by atoms with E-state index in [4.69, 9.17) is 15.3 Å². The third kappa shape index (κ3) is 52.8. The van der Waals surface area contributed by atoms with Gasteiger partial charge in [0.25, 0.3) is 0 Å². The number of aliphatic carboxylic acids is 3. The third-order valence-electron chi connectivity index (χ3n) is 6.98. The van der Waals surface area contributed by atoms with E-state index in [0.29, 0.717) is 19.3 Å². The predicted molar refractivity (Wildman–Crippen MR) is 169 cm³/mol. The van der Waals surface area contributed by atoms with Crippen LogP contribution in [0.3, 0.4) is 0 Å². The number of hydrogen-bond acceptors (Lipinski definition) is 3. The quantitative estimate of drug-likeness (QED) is 0.0804. The summed E-state index contributed by atoms with van der Waals surface area (Å²) in [5, 5.41) is 25.2. The zero-order valence-electron chi connectivity index (χ0n) is 26.9. The average molecular weight is 573 g/mol. The van der Waals surface area contributed by atoms with Gasteiger partial charge in [0.05, 0.1) is 0 Å². The van der Waals surface area contributed by atoms with E-state index in [9.17, 15) is 14.4 Å². The van der Waals surface area contributed by atoms with Gasteiger partial charge in [0, 0.05) is 19.3 Å². The largest absolute Gasteiger partial charge is 0.481 e. The molecule has 40 heavy (non-hydrogen) atoms. The first-order chi connectivity index (χ1) is 19.3. The van der Waals surface area contributed by atoms with Crippen molar-refractivity contribution in [2.75, 3.05) is 0 Å². The zero-order chi connectivity index (χ0) is 30.5. The third-order valence-corrected chi connectivity index (χ3v) is 6.98. The Hall–Kier alpha value is -1.59. The average Bonchev–Trinajstić information content (AvgIpc) is 2.91. The van der Waals surface area contributed by atoms with E-state index < -0.39 is 17.9 Å². The maximum atomic E-state index is 10.3. The lowest BCUT2D eigenvalue weighted by molar-refractivity contribution is -0.138. The van der Waals surface area contributed by atoms with Crippen molar-refractivity contribution in [2.45, 2.75) is 201 Å². The van der Waals surface area contributed by atoms with E-state index in [1.165, 1.54) is 122 Å². The lowest BCUT2D eigenvalue weighted by atomic mass is 10.1. The molecule has 0 spiro atoms. The Morgan fingerprint density at radius 2 is 0.450 bits per heavy atom. The molecule has 0 atom stereocenters. The molecular formula is C34H68O6. The first-order valence-corrected chi connectivity index (χ1v) is 17.0. The van der Waals surface area contributed by atoms with Crippen LogP contribution in [0, 0.1) is 0 Å². The zero-order valence-corrected chi connectivity index (χ0v) is 26.9. The van der Waals surface area contributed by atoms with Crippen molar-refractivity contribution in [3.05, 3.63) is 0 Å². The van der Waals surface area contributed by atoms with Crippen LogP contribution in [0.5, 0.6) is 0 Å². The molecule has 0 saturated heterocycles. The minimum atomic E-state index is -0.663. The van der Waals surface area contributed by atoms with E-state index in [1.54, 1.807) is 0 Å². The topological polar surface area (TPSA) is 112 Å². The van der Waals surface area contributed by atoms with Gasteiger partial charge in [-0.05, 0) is 19.3 Å². The molecule has 0 unspecified atom stereocenters. The van der Waals surface area contributed by atoms with Crippen LogP contribution < -0.4 is 0 Å². The highest BCUT2D eigenvalue weighted by Gasteiger charge is 1.98. The fourth-order valence-electron chi connectivity index (χ4n) is 4.41. The second-order valence-corrected chi connectivity index (χ2v) is 11.2. The van der Waals surface area contributed by atoms with Crippen molar-refractivity contribution < 1.29 is 29.7 Å². The van der Waals surface area contributed by atoms with Gasteiger partial charge in [0.15, 0.2) is 0 Å². The highest BCUT2D eigenvalue weighted by Crippen LogP contribution is 2.12. The molecule has 0 aliphatic rings. The molecule has 240 valence electrons. The molecule has 0 radical (unpaired) electrons. The summed E-state index contributed by atoms with van der Waals surface area (Å²) in [6, 6.07) is 0. The molecule has 0 aromatic rings. The van der Waals surface area contributed by atoms with Crippen molar-refractivity contribution in [1.82, 2.24) is 0 Å². The van der Waals surface area contributed by atoms with Crippen LogP contribution in [-0.4, -0.2) is 33.2 Å². The van der Waals surface area contributed by atoms with Crippen LogP contribution >= 0.6 is 0 Å².